The number of carbonyl (C=O) groups excluding carboxylic acids is 2. The number of amides is 2. The highest BCUT2D eigenvalue weighted by atomic mass is 32.2. The molecule has 1 N–H and O–H groups in total. The maximum absolute atomic E-state index is 12.9. The second kappa shape index (κ2) is 11.4. The Kier molecular flexibility index (Phi) is 8.13. The fraction of sp³-hybridized carbons (Fsp3) is 0.370. The van der Waals surface area contributed by atoms with E-state index in [2.05, 4.69) is 0 Å². The van der Waals surface area contributed by atoms with Crippen LogP contribution in [0.1, 0.15) is 60.5 Å². The highest BCUT2D eigenvalue weighted by molar-refractivity contribution is 8.18. The van der Waals surface area contributed by atoms with Crippen LogP contribution < -0.4 is 9.47 Å². The van der Waals surface area contributed by atoms with Crippen molar-refractivity contribution in [2.45, 2.75) is 45.6 Å². The summed E-state index contributed by atoms with van der Waals surface area (Å²) in [5.74, 6) is 0.270. The summed E-state index contributed by atoms with van der Waals surface area (Å²) in [5, 5.41) is 8.83. The molecule has 0 atom stereocenters. The number of ether oxygens (including phenoxy) is 2. The van der Waals surface area contributed by atoms with E-state index in [4.69, 9.17) is 14.6 Å². The number of hydrogen-bond acceptors (Lipinski definition) is 6. The van der Waals surface area contributed by atoms with E-state index in [0.29, 0.717) is 35.5 Å². The molecule has 0 spiro atoms. The number of hydrogen-bond donors (Lipinski definition) is 1. The third kappa shape index (κ3) is 6.25. The topological polar surface area (TPSA) is 93.1 Å². The first-order chi connectivity index (χ1) is 16.9. The lowest BCUT2D eigenvalue weighted by Crippen LogP contribution is -2.34. The van der Waals surface area contributed by atoms with E-state index in [1.807, 2.05) is 13.0 Å². The number of imide groups is 1. The van der Waals surface area contributed by atoms with Gasteiger partial charge in [-0.1, -0.05) is 37.5 Å². The Balaban J connectivity index is 1.45. The molecule has 1 aliphatic carbocycles. The molecule has 0 aromatic heterocycles. The number of carbonyl (C=O) groups is 3. The molecule has 7 nitrogen and oxygen atoms in total. The Bertz CT molecular complexity index is 1120. The fourth-order valence-corrected chi connectivity index (χ4v) is 5.19. The van der Waals surface area contributed by atoms with Crippen LogP contribution in [0.2, 0.25) is 0 Å². The molecule has 2 aromatic rings. The van der Waals surface area contributed by atoms with Crippen LogP contribution in [0.15, 0.2) is 47.4 Å². The van der Waals surface area contributed by atoms with E-state index in [9.17, 15) is 14.4 Å². The minimum absolute atomic E-state index is 0.203. The smallest absolute Gasteiger partial charge is 0.335 e. The van der Waals surface area contributed by atoms with Crippen molar-refractivity contribution >= 4 is 35.0 Å². The first-order valence-corrected chi connectivity index (χ1v) is 12.7. The Morgan fingerprint density at radius 2 is 1.80 bits per heavy atom. The molecule has 2 fully saturated rings. The Labute approximate surface area is 209 Å². The standard InChI is InChI=1S/C27H29NO6S/c1-2-33-23-14-20(10-13-22(23)34-17-19-8-11-21(12-9-19)26(30)31)15-24-25(29)28(27(32)35-24)16-18-6-4-3-5-7-18/h8-15,18H,2-7,16-17H2,1H3,(H,30,31)/b24-15+. The highest BCUT2D eigenvalue weighted by Gasteiger charge is 2.36. The lowest BCUT2D eigenvalue weighted by atomic mass is 9.89. The maximum Gasteiger partial charge on any atom is 0.335 e. The number of nitrogens with zero attached hydrogens (tertiary/aromatic N) is 1. The van der Waals surface area contributed by atoms with Crippen LogP contribution in [0, 0.1) is 5.92 Å². The lowest BCUT2D eigenvalue weighted by molar-refractivity contribution is -0.123. The van der Waals surface area contributed by atoms with Crippen LogP contribution in [-0.4, -0.2) is 40.3 Å². The van der Waals surface area contributed by atoms with Crippen molar-refractivity contribution in [2.75, 3.05) is 13.2 Å². The van der Waals surface area contributed by atoms with Crippen LogP contribution in [0.5, 0.6) is 11.5 Å². The molecule has 2 amide bonds. The van der Waals surface area contributed by atoms with E-state index < -0.39 is 5.97 Å². The summed E-state index contributed by atoms with van der Waals surface area (Å²) in [4.78, 5) is 38.3. The van der Waals surface area contributed by atoms with E-state index in [1.165, 1.54) is 36.3 Å². The van der Waals surface area contributed by atoms with Crippen molar-refractivity contribution in [1.29, 1.82) is 0 Å². The summed E-state index contributed by atoms with van der Waals surface area (Å²) in [6, 6.07) is 11.9. The predicted molar refractivity (Wildman–Crippen MR) is 135 cm³/mol. The Morgan fingerprint density at radius 3 is 2.49 bits per heavy atom. The molecule has 4 rings (SSSR count). The second-order valence-electron chi connectivity index (χ2n) is 8.73. The lowest BCUT2D eigenvalue weighted by Gasteiger charge is -2.25. The zero-order valence-corrected chi connectivity index (χ0v) is 20.5. The summed E-state index contributed by atoms with van der Waals surface area (Å²) in [7, 11) is 0. The van der Waals surface area contributed by atoms with Crippen LogP contribution >= 0.6 is 11.8 Å². The third-order valence-corrected chi connectivity index (χ3v) is 7.11. The number of aromatic carboxylic acids is 1. The van der Waals surface area contributed by atoms with Crippen molar-refractivity contribution in [1.82, 2.24) is 4.90 Å². The van der Waals surface area contributed by atoms with Crippen molar-refractivity contribution < 1.29 is 29.0 Å². The number of carboxylic acid groups (broad SMARTS) is 1. The minimum Gasteiger partial charge on any atom is -0.490 e. The molecule has 1 heterocycles. The first-order valence-electron chi connectivity index (χ1n) is 11.9. The van der Waals surface area contributed by atoms with Crippen molar-refractivity contribution in [3.05, 3.63) is 64.1 Å². The predicted octanol–water partition coefficient (Wildman–Crippen LogP) is 5.98. The van der Waals surface area contributed by atoms with E-state index in [-0.39, 0.29) is 23.3 Å². The molecule has 1 aliphatic heterocycles. The van der Waals surface area contributed by atoms with Gasteiger partial charge in [0.05, 0.1) is 17.1 Å². The van der Waals surface area contributed by atoms with Crippen molar-refractivity contribution in [3.8, 4) is 11.5 Å². The third-order valence-electron chi connectivity index (χ3n) is 6.20. The molecular formula is C27H29NO6S. The highest BCUT2D eigenvalue weighted by Crippen LogP contribution is 2.36. The molecule has 184 valence electrons. The molecule has 0 radical (unpaired) electrons. The van der Waals surface area contributed by atoms with Gasteiger partial charge in [0.15, 0.2) is 11.5 Å². The first kappa shape index (κ1) is 24.9. The summed E-state index contributed by atoms with van der Waals surface area (Å²) in [6.07, 6.45) is 7.44. The normalized spacial score (nSPS) is 17.7. The van der Waals surface area contributed by atoms with Gasteiger partial charge in [-0.15, -0.1) is 0 Å². The van der Waals surface area contributed by atoms with E-state index in [1.54, 1.807) is 30.3 Å². The molecular weight excluding hydrogens is 466 g/mol. The summed E-state index contributed by atoms with van der Waals surface area (Å²) < 4.78 is 11.7. The van der Waals surface area contributed by atoms with Gasteiger partial charge in [-0.2, -0.15) is 0 Å². The number of thioether (sulfide) groups is 1. The van der Waals surface area contributed by atoms with Crippen LogP contribution in [-0.2, 0) is 11.4 Å². The van der Waals surface area contributed by atoms with Crippen LogP contribution in [0.25, 0.3) is 6.08 Å². The summed E-state index contributed by atoms with van der Waals surface area (Å²) >= 11 is 0.984. The van der Waals surface area contributed by atoms with Gasteiger partial charge >= 0.3 is 5.97 Å². The Morgan fingerprint density at radius 1 is 1.06 bits per heavy atom. The van der Waals surface area contributed by atoms with E-state index >= 15 is 0 Å². The number of carboxylic acids is 1. The molecule has 8 heteroatoms. The molecule has 1 saturated carbocycles. The molecule has 35 heavy (non-hydrogen) atoms. The van der Waals surface area contributed by atoms with Gasteiger partial charge in [0.2, 0.25) is 0 Å². The SMILES string of the molecule is CCOc1cc(/C=C2/SC(=O)N(CC3CCCCC3)C2=O)ccc1OCc1ccc(C(=O)O)cc1. The van der Waals surface area contributed by atoms with Crippen LogP contribution in [0.3, 0.4) is 0 Å². The minimum atomic E-state index is -0.974. The van der Waals surface area contributed by atoms with Gasteiger partial charge < -0.3 is 14.6 Å². The Hall–Kier alpha value is -3.26. The van der Waals surface area contributed by atoms with Crippen molar-refractivity contribution in [2.24, 2.45) is 5.92 Å². The molecule has 0 bridgehead atoms. The van der Waals surface area contributed by atoms with Gasteiger partial charge in [-0.25, -0.2) is 4.79 Å². The summed E-state index contributed by atoms with van der Waals surface area (Å²) in [6.45, 7) is 3.06. The van der Waals surface area contributed by atoms with Gasteiger partial charge in [-0.05, 0) is 78.9 Å². The second-order valence-corrected chi connectivity index (χ2v) is 9.72. The largest absolute Gasteiger partial charge is 0.490 e. The van der Waals surface area contributed by atoms with Gasteiger partial charge in [0.25, 0.3) is 11.1 Å². The summed E-state index contributed by atoms with van der Waals surface area (Å²) in [5.41, 5.74) is 1.79. The number of rotatable bonds is 9. The van der Waals surface area contributed by atoms with Crippen molar-refractivity contribution in [3.63, 3.8) is 0 Å². The molecule has 0 unspecified atom stereocenters. The fourth-order valence-electron chi connectivity index (χ4n) is 4.34. The van der Waals surface area contributed by atoms with E-state index in [0.717, 1.165) is 35.7 Å². The number of benzene rings is 2. The molecule has 1 saturated heterocycles. The van der Waals surface area contributed by atoms with Gasteiger partial charge in [0, 0.05) is 6.54 Å². The molecule has 2 aromatic carbocycles. The molecule has 2 aliphatic rings. The maximum atomic E-state index is 12.9. The zero-order chi connectivity index (χ0) is 24.8. The van der Waals surface area contributed by atoms with Gasteiger partial charge in [-0.3, -0.25) is 14.5 Å². The van der Waals surface area contributed by atoms with Gasteiger partial charge in [0.1, 0.15) is 6.61 Å². The van der Waals surface area contributed by atoms with Crippen LogP contribution in [0.4, 0.5) is 4.79 Å². The average molecular weight is 496 g/mol. The monoisotopic (exact) mass is 495 g/mol. The zero-order valence-electron chi connectivity index (χ0n) is 19.7. The quantitative estimate of drug-likeness (QED) is 0.428. The average Bonchev–Trinajstić information content (AvgIpc) is 3.12.